The molecule has 1 aliphatic heterocycles. The van der Waals surface area contributed by atoms with Gasteiger partial charge in [0.2, 0.25) is 5.91 Å². The molecule has 6 heteroatoms. The van der Waals surface area contributed by atoms with Crippen LogP contribution in [0.3, 0.4) is 0 Å². The van der Waals surface area contributed by atoms with Crippen molar-refractivity contribution in [1.82, 2.24) is 14.9 Å². The highest BCUT2D eigenvalue weighted by Crippen LogP contribution is 2.39. The summed E-state index contributed by atoms with van der Waals surface area (Å²) in [5.74, 6) is 2.66. The van der Waals surface area contributed by atoms with Crippen LogP contribution >= 0.6 is 21.6 Å². The van der Waals surface area contributed by atoms with Crippen LogP contribution < -0.4 is 5.32 Å². The molecule has 1 aromatic carbocycles. The lowest BCUT2D eigenvalue weighted by Gasteiger charge is -2.22. The maximum atomic E-state index is 12.5. The Labute approximate surface area is 164 Å². The van der Waals surface area contributed by atoms with Crippen LogP contribution in [0.1, 0.15) is 57.8 Å². The molecule has 142 valence electrons. The average Bonchev–Trinajstić information content (AvgIpc) is 3.25. The van der Waals surface area contributed by atoms with Crippen LogP contribution in [0.15, 0.2) is 24.3 Å². The summed E-state index contributed by atoms with van der Waals surface area (Å²) < 4.78 is 2.11. The molecule has 2 aromatic rings. The number of aromatic nitrogens is 2. The normalized spacial score (nSPS) is 18.5. The third kappa shape index (κ3) is 4.77. The first kappa shape index (κ1) is 19.6. The Balaban J connectivity index is 1.57. The van der Waals surface area contributed by atoms with Crippen molar-refractivity contribution in [3.8, 4) is 0 Å². The van der Waals surface area contributed by atoms with Crippen molar-refractivity contribution in [1.29, 1.82) is 0 Å². The molecule has 3 rings (SSSR count). The zero-order valence-corrected chi connectivity index (χ0v) is 17.5. The lowest BCUT2D eigenvalue weighted by atomic mass is 10.0. The van der Waals surface area contributed by atoms with Crippen LogP contribution in [-0.4, -0.2) is 26.5 Å². The van der Waals surface area contributed by atoms with Gasteiger partial charge in [-0.3, -0.25) is 4.79 Å². The fourth-order valence-corrected chi connectivity index (χ4v) is 6.47. The van der Waals surface area contributed by atoms with Crippen molar-refractivity contribution in [2.45, 2.75) is 57.2 Å². The smallest absolute Gasteiger partial charge is 0.220 e. The van der Waals surface area contributed by atoms with Gasteiger partial charge in [-0.25, -0.2) is 4.98 Å². The molecule has 0 aliphatic carbocycles. The summed E-state index contributed by atoms with van der Waals surface area (Å²) in [5, 5.41) is 4.03. The number of fused-ring (bicyclic) bond motifs is 1. The van der Waals surface area contributed by atoms with Gasteiger partial charge in [-0.2, -0.15) is 0 Å². The molecule has 1 N–H and O–H groups in total. The van der Waals surface area contributed by atoms with Crippen molar-refractivity contribution >= 4 is 38.5 Å². The van der Waals surface area contributed by atoms with E-state index < -0.39 is 0 Å². The number of carbonyl (C=O) groups excluding carboxylic acids is 1. The Morgan fingerprint density at radius 1 is 1.35 bits per heavy atom. The topological polar surface area (TPSA) is 46.9 Å². The van der Waals surface area contributed by atoms with Gasteiger partial charge in [-0.1, -0.05) is 54.0 Å². The van der Waals surface area contributed by atoms with Gasteiger partial charge in [0.1, 0.15) is 5.82 Å². The number of hydrogen-bond donors (Lipinski definition) is 1. The molecule has 1 aromatic heterocycles. The van der Waals surface area contributed by atoms with Gasteiger partial charge < -0.3 is 9.88 Å². The number of nitrogens with zero attached hydrogens (tertiary/aromatic N) is 2. The van der Waals surface area contributed by atoms with Gasteiger partial charge in [0.25, 0.3) is 0 Å². The summed E-state index contributed by atoms with van der Waals surface area (Å²) in [7, 11) is 6.04. The van der Waals surface area contributed by atoms with Crippen LogP contribution in [0, 0.1) is 5.92 Å². The van der Waals surface area contributed by atoms with Crippen LogP contribution in [0.5, 0.6) is 0 Å². The lowest BCUT2D eigenvalue weighted by Crippen LogP contribution is -2.33. The second kappa shape index (κ2) is 9.18. The molecule has 1 fully saturated rings. The van der Waals surface area contributed by atoms with E-state index in [4.69, 9.17) is 4.98 Å². The number of benzene rings is 1. The molecule has 2 atom stereocenters. The molecule has 1 saturated heterocycles. The van der Waals surface area contributed by atoms with E-state index in [9.17, 15) is 4.79 Å². The van der Waals surface area contributed by atoms with Crippen LogP contribution in [-0.2, 0) is 11.8 Å². The molecule has 1 aliphatic rings. The number of nitrogens with one attached hydrogen (secondary N) is 1. The third-order valence-corrected chi connectivity index (χ3v) is 8.00. The fourth-order valence-electron chi connectivity index (χ4n) is 3.44. The van der Waals surface area contributed by atoms with E-state index in [0.29, 0.717) is 12.3 Å². The van der Waals surface area contributed by atoms with Gasteiger partial charge in [0, 0.05) is 24.5 Å². The summed E-state index contributed by atoms with van der Waals surface area (Å²) in [4.78, 5) is 17.3. The van der Waals surface area contributed by atoms with Gasteiger partial charge in [0.05, 0.1) is 17.1 Å². The Kier molecular flexibility index (Phi) is 6.92. The number of unbranched alkanes of at least 4 members (excludes halogenated alkanes) is 1. The first-order valence-electron chi connectivity index (χ1n) is 9.55. The Bertz CT molecular complexity index is 738. The average molecular weight is 392 g/mol. The summed E-state index contributed by atoms with van der Waals surface area (Å²) in [5.41, 5.74) is 2.09. The number of aryl methyl sites for hydroxylation is 1. The maximum Gasteiger partial charge on any atom is 0.220 e. The van der Waals surface area contributed by atoms with Crippen molar-refractivity contribution in [3.63, 3.8) is 0 Å². The number of carbonyl (C=O) groups is 1. The first-order chi connectivity index (χ1) is 12.6. The SMILES string of the molecule is CC(C)[C@@H](NC(=O)CCCC[C@H]1CCSS1)c1nc2ccccc2n1C. The third-order valence-electron chi connectivity index (χ3n) is 4.99. The van der Waals surface area contributed by atoms with Crippen LogP contribution in [0.2, 0.25) is 0 Å². The molecule has 0 spiro atoms. The minimum absolute atomic E-state index is 0.0540. The lowest BCUT2D eigenvalue weighted by molar-refractivity contribution is -0.122. The highest BCUT2D eigenvalue weighted by atomic mass is 33.1. The Morgan fingerprint density at radius 2 is 2.15 bits per heavy atom. The van der Waals surface area contributed by atoms with E-state index in [1.807, 2.05) is 46.8 Å². The predicted octanol–water partition coefficient (Wildman–Crippen LogP) is 5.10. The fraction of sp³-hybridized carbons (Fsp3) is 0.600. The van der Waals surface area contributed by atoms with E-state index in [0.717, 1.165) is 34.9 Å². The second-order valence-electron chi connectivity index (χ2n) is 7.38. The number of para-hydroxylation sites is 2. The highest BCUT2D eigenvalue weighted by Gasteiger charge is 2.23. The van der Waals surface area contributed by atoms with Crippen molar-refractivity contribution in [2.24, 2.45) is 13.0 Å². The van der Waals surface area contributed by atoms with Gasteiger partial charge in [0.15, 0.2) is 0 Å². The highest BCUT2D eigenvalue weighted by molar-refractivity contribution is 8.77. The number of amides is 1. The van der Waals surface area contributed by atoms with Gasteiger partial charge in [-0.15, -0.1) is 0 Å². The zero-order chi connectivity index (χ0) is 18.5. The number of hydrogen-bond acceptors (Lipinski definition) is 4. The van der Waals surface area contributed by atoms with Crippen molar-refractivity contribution in [2.75, 3.05) is 5.75 Å². The first-order valence-corrected chi connectivity index (χ1v) is 11.9. The van der Waals surface area contributed by atoms with Gasteiger partial charge >= 0.3 is 0 Å². The molecule has 0 radical (unpaired) electrons. The van der Waals surface area contributed by atoms with Gasteiger partial charge in [-0.05, 0) is 37.3 Å². The minimum atomic E-state index is -0.0540. The minimum Gasteiger partial charge on any atom is -0.346 e. The summed E-state index contributed by atoms with van der Waals surface area (Å²) in [6, 6.07) is 8.07. The largest absolute Gasteiger partial charge is 0.346 e. The molecule has 0 bridgehead atoms. The standard InChI is InChI=1S/C20H29N3OS2/c1-14(2)19(20-21-16-9-5-6-10-17(16)23(20)3)22-18(24)11-7-4-8-15-12-13-25-26-15/h5-6,9-10,14-15,19H,4,7-8,11-13H2,1-3H3,(H,22,24)/t15-,19+/m0/s1. The number of rotatable bonds is 8. The molecule has 1 amide bonds. The quantitative estimate of drug-likeness (QED) is 0.502. The zero-order valence-electron chi connectivity index (χ0n) is 15.9. The second-order valence-corrected chi connectivity index (χ2v) is 10.2. The molecule has 2 heterocycles. The Hall–Kier alpha value is -1.14. The van der Waals surface area contributed by atoms with E-state index >= 15 is 0 Å². The number of imidazole rings is 1. The molecule has 4 nitrogen and oxygen atoms in total. The molecule has 0 unspecified atom stereocenters. The summed E-state index contributed by atoms with van der Waals surface area (Å²) in [6.45, 7) is 4.28. The molecule has 26 heavy (non-hydrogen) atoms. The van der Waals surface area contributed by atoms with Crippen molar-refractivity contribution in [3.05, 3.63) is 30.1 Å². The van der Waals surface area contributed by atoms with E-state index in [2.05, 4.69) is 29.8 Å². The molecular weight excluding hydrogens is 362 g/mol. The monoisotopic (exact) mass is 391 g/mol. The van der Waals surface area contributed by atoms with E-state index in [-0.39, 0.29) is 11.9 Å². The van der Waals surface area contributed by atoms with E-state index in [1.165, 1.54) is 18.6 Å². The maximum absolute atomic E-state index is 12.5. The Morgan fingerprint density at radius 3 is 2.85 bits per heavy atom. The summed E-state index contributed by atoms with van der Waals surface area (Å²) in [6.07, 6.45) is 5.29. The molecule has 0 saturated carbocycles. The predicted molar refractivity (Wildman–Crippen MR) is 113 cm³/mol. The molecular formula is C20H29N3OS2. The van der Waals surface area contributed by atoms with Crippen LogP contribution in [0.25, 0.3) is 11.0 Å². The summed E-state index contributed by atoms with van der Waals surface area (Å²) >= 11 is 0. The van der Waals surface area contributed by atoms with E-state index in [1.54, 1.807) is 0 Å². The van der Waals surface area contributed by atoms with Crippen molar-refractivity contribution < 1.29 is 4.79 Å². The van der Waals surface area contributed by atoms with Crippen LogP contribution in [0.4, 0.5) is 0 Å².